The molecule has 2 rings (SSSR count). The van der Waals surface area contributed by atoms with Crippen molar-refractivity contribution in [2.24, 2.45) is 0 Å². The molecule has 0 bridgehead atoms. The third-order valence-electron chi connectivity index (χ3n) is 3.99. The zero-order valence-corrected chi connectivity index (χ0v) is 13.9. The molecule has 1 heterocycles. The first-order chi connectivity index (χ1) is 11.3. The van der Waals surface area contributed by atoms with Crippen LogP contribution in [0.3, 0.4) is 0 Å². The van der Waals surface area contributed by atoms with Gasteiger partial charge < -0.3 is 10.1 Å². The van der Waals surface area contributed by atoms with Gasteiger partial charge in [0.25, 0.3) is 5.69 Å². The molecule has 1 aromatic rings. The first-order valence-electron chi connectivity index (χ1n) is 7.30. The van der Waals surface area contributed by atoms with Gasteiger partial charge in [0.15, 0.2) is 5.78 Å². The number of nitro groups is 1. The van der Waals surface area contributed by atoms with E-state index in [0.29, 0.717) is 17.0 Å². The van der Waals surface area contributed by atoms with Crippen molar-refractivity contribution in [2.45, 2.75) is 26.7 Å². The van der Waals surface area contributed by atoms with Crippen LogP contribution >= 0.6 is 0 Å². The number of ether oxygens (including phenoxy) is 1. The van der Waals surface area contributed by atoms with Crippen LogP contribution < -0.4 is 5.32 Å². The van der Waals surface area contributed by atoms with Crippen LogP contribution in [-0.4, -0.2) is 23.8 Å². The summed E-state index contributed by atoms with van der Waals surface area (Å²) >= 11 is 0. The van der Waals surface area contributed by atoms with Gasteiger partial charge in [-0.25, -0.2) is 4.79 Å². The van der Waals surface area contributed by atoms with Crippen molar-refractivity contribution in [1.82, 2.24) is 5.32 Å². The topological polar surface area (TPSA) is 98.5 Å². The number of carbonyl (C=O) groups is 2. The van der Waals surface area contributed by atoms with E-state index in [4.69, 9.17) is 4.74 Å². The Morgan fingerprint density at radius 3 is 2.29 bits per heavy atom. The van der Waals surface area contributed by atoms with Crippen LogP contribution in [-0.2, 0) is 14.3 Å². The van der Waals surface area contributed by atoms with Crippen molar-refractivity contribution >= 4 is 17.4 Å². The van der Waals surface area contributed by atoms with Crippen LogP contribution in [0.4, 0.5) is 5.69 Å². The van der Waals surface area contributed by atoms with E-state index in [0.717, 1.165) is 0 Å². The third-order valence-corrected chi connectivity index (χ3v) is 3.99. The second kappa shape index (κ2) is 6.66. The number of ketones is 1. The van der Waals surface area contributed by atoms with Gasteiger partial charge in [-0.2, -0.15) is 0 Å². The Bertz CT molecular complexity index is 792. The molecule has 0 radical (unpaired) electrons. The number of nitrogens with zero attached hydrogens (tertiary/aromatic N) is 1. The molecule has 0 amide bonds. The minimum atomic E-state index is -0.849. The fourth-order valence-electron chi connectivity index (χ4n) is 3.05. The predicted octanol–water partition coefficient (Wildman–Crippen LogP) is 2.59. The second-order valence-corrected chi connectivity index (χ2v) is 5.50. The molecule has 1 aliphatic heterocycles. The lowest BCUT2D eigenvalue weighted by Gasteiger charge is -2.30. The summed E-state index contributed by atoms with van der Waals surface area (Å²) in [4.78, 5) is 35.4. The van der Waals surface area contributed by atoms with E-state index in [1.807, 2.05) is 0 Å². The standard InChI is InChI=1S/C17H18N2O5/c1-9-14(11(3)20)16(15(10(2)18-9)17(21)24-4)12-7-5-6-8-13(12)19(22)23/h5-8,16,18H,1-4H3. The molecular weight excluding hydrogens is 312 g/mol. The Hall–Kier alpha value is -2.96. The molecule has 1 aliphatic rings. The molecule has 1 unspecified atom stereocenters. The quantitative estimate of drug-likeness (QED) is 0.517. The normalized spacial score (nSPS) is 17.4. The van der Waals surface area contributed by atoms with Gasteiger partial charge in [0.05, 0.1) is 23.5 Å². The number of carbonyl (C=O) groups excluding carboxylic acids is 2. The van der Waals surface area contributed by atoms with Crippen molar-refractivity contribution in [2.75, 3.05) is 7.11 Å². The second-order valence-electron chi connectivity index (χ2n) is 5.50. The predicted molar refractivity (Wildman–Crippen MR) is 87.1 cm³/mol. The molecule has 0 aliphatic carbocycles. The van der Waals surface area contributed by atoms with E-state index < -0.39 is 16.8 Å². The summed E-state index contributed by atoms with van der Waals surface area (Å²) in [6.45, 7) is 4.75. The molecule has 0 spiro atoms. The molecule has 0 saturated carbocycles. The average Bonchev–Trinajstić information content (AvgIpc) is 2.52. The molecule has 7 heteroatoms. The van der Waals surface area contributed by atoms with Crippen LogP contribution in [0.1, 0.15) is 32.3 Å². The number of Topliss-reactive ketones (excluding diaryl/α,β-unsaturated/α-hetero) is 1. The molecular formula is C17H18N2O5. The fourth-order valence-corrected chi connectivity index (χ4v) is 3.05. The summed E-state index contributed by atoms with van der Waals surface area (Å²) in [5.41, 5.74) is 1.72. The minimum Gasteiger partial charge on any atom is -0.466 e. The van der Waals surface area contributed by atoms with Crippen LogP contribution in [0.25, 0.3) is 0 Å². The zero-order valence-electron chi connectivity index (χ0n) is 13.9. The number of benzene rings is 1. The Kier molecular flexibility index (Phi) is 4.82. The summed E-state index contributed by atoms with van der Waals surface area (Å²) in [7, 11) is 1.23. The number of nitro benzene ring substituents is 1. The Labute approximate surface area is 139 Å². The maximum atomic E-state index is 12.3. The Morgan fingerprint density at radius 2 is 1.75 bits per heavy atom. The molecule has 1 N–H and O–H groups in total. The maximum absolute atomic E-state index is 12.3. The highest BCUT2D eigenvalue weighted by molar-refractivity contribution is 6.02. The summed E-state index contributed by atoms with van der Waals surface area (Å²) in [5.74, 6) is -1.75. The van der Waals surface area contributed by atoms with E-state index in [9.17, 15) is 19.7 Å². The van der Waals surface area contributed by atoms with Gasteiger partial charge in [0.1, 0.15) is 0 Å². The number of para-hydroxylation sites is 1. The molecule has 7 nitrogen and oxygen atoms in total. The molecule has 1 atom stereocenters. The summed E-state index contributed by atoms with van der Waals surface area (Å²) in [6, 6.07) is 6.10. The van der Waals surface area contributed by atoms with Gasteiger partial charge in [-0.1, -0.05) is 18.2 Å². The lowest BCUT2D eigenvalue weighted by molar-refractivity contribution is -0.385. The van der Waals surface area contributed by atoms with Gasteiger partial charge in [-0.05, 0) is 20.8 Å². The summed E-state index contributed by atoms with van der Waals surface area (Å²) in [5, 5.41) is 14.4. The number of rotatable bonds is 4. The zero-order chi connectivity index (χ0) is 18.0. The number of hydrogen-bond acceptors (Lipinski definition) is 6. The Morgan fingerprint density at radius 1 is 1.17 bits per heavy atom. The maximum Gasteiger partial charge on any atom is 0.336 e. The lowest BCUT2D eigenvalue weighted by atomic mass is 9.78. The van der Waals surface area contributed by atoms with Crippen molar-refractivity contribution < 1.29 is 19.2 Å². The number of nitrogens with one attached hydrogen (secondary N) is 1. The highest BCUT2D eigenvalue weighted by Crippen LogP contribution is 2.42. The third kappa shape index (κ3) is 2.92. The fraction of sp³-hybridized carbons (Fsp3) is 0.294. The van der Waals surface area contributed by atoms with E-state index in [1.165, 1.54) is 20.1 Å². The highest BCUT2D eigenvalue weighted by Gasteiger charge is 2.38. The molecule has 126 valence electrons. The van der Waals surface area contributed by atoms with Crippen molar-refractivity contribution in [1.29, 1.82) is 0 Å². The SMILES string of the molecule is COC(=O)C1=C(C)NC(C)=C(C(C)=O)C1c1ccccc1[N+](=O)[O-]. The van der Waals surface area contributed by atoms with Crippen LogP contribution in [0.5, 0.6) is 0 Å². The number of hydrogen-bond donors (Lipinski definition) is 1. The monoisotopic (exact) mass is 330 g/mol. The average molecular weight is 330 g/mol. The molecule has 0 saturated heterocycles. The van der Waals surface area contributed by atoms with Crippen LogP contribution in [0.2, 0.25) is 0 Å². The molecule has 24 heavy (non-hydrogen) atoms. The number of esters is 1. The van der Waals surface area contributed by atoms with Gasteiger partial charge in [-0.3, -0.25) is 14.9 Å². The molecule has 0 aromatic heterocycles. The van der Waals surface area contributed by atoms with Crippen LogP contribution in [0, 0.1) is 10.1 Å². The number of dihydropyridines is 1. The number of allylic oxidation sites excluding steroid dienone is 3. The van der Waals surface area contributed by atoms with E-state index in [2.05, 4.69) is 5.32 Å². The molecule has 0 fully saturated rings. The highest BCUT2D eigenvalue weighted by atomic mass is 16.6. The first-order valence-corrected chi connectivity index (χ1v) is 7.30. The minimum absolute atomic E-state index is 0.148. The van der Waals surface area contributed by atoms with Gasteiger partial charge >= 0.3 is 5.97 Å². The van der Waals surface area contributed by atoms with Crippen molar-refractivity contribution in [3.63, 3.8) is 0 Å². The first kappa shape index (κ1) is 17.4. The summed E-state index contributed by atoms with van der Waals surface area (Å²) in [6.07, 6.45) is 0. The smallest absolute Gasteiger partial charge is 0.336 e. The van der Waals surface area contributed by atoms with Gasteiger partial charge in [0.2, 0.25) is 0 Å². The van der Waals surface area contributed by atoms with Gasteiger partial charge in [-0.15, -0.1) is 0 Å². The summed E-state index contributed by atoms with van der Waals surface area (Å²) < 4.78 is 4.83. The molecule has 1 aromatic carbocycles. The number of methoxy groups -OCH3 is 1. The van der Waals surface area contributed by atoms with Crippen LogP contribution in [0.15, 0.2) is 46.8 Å². The van der Waals surface area contributed by atoms with Gasteiger partial charge in [0, 0.05) is 28.6 Å². The largest absolute Gasteiger partial charge is 0.466 e. The van der Waals surface area contributed by atoms with Crippen molar-refractivity contribution in [3.05, 3.63) is 62.5 Å². The van der Waals surface area contributed by atoms with Crippen molar-refractivity contribution in [3.8, 4) is 0 Å². The van der Waals surface area contributed by atoms with E-state index in [1.54, 1.807) is 32.0 Å². The lowest BCUT2D eigenvalue weighted by Crippen LogP contribution is -2.31. The van der Waals surface area contributed by atoms with E-state index in [-0.39, 0.29) is 22.6 Å². The Balaban J connectivity index is 2.80. The van der Waals surface area contributed by atoms with E-state index >= 15 is 0 Å².